The highest BCUT2D eigenvalue weighted by molar-refractivity contribution is 7.98. The van der Waals surface area contributed by atoms with E-state index >= 15 is 0 Å². The summed E-state index contributed by atoms with van der Waals surface area (Å²) in [5, 5.41) is 13.5. The molecule has 0 spiro atoms. The van der Waals surface area contributed by atoms with E-state index in [9.17, 15) is 0 Å². The second-order valence-corrected chi connectivity index (χ2v) is 5.55. The summed E-state index contributed by atoms with van der Waals surface area (Å²) in [6, 6.07) is 5.75. The zero-order valence-electron chi connectivity index (χ0n) is 13.9. The normalized spacial score (nSPS) is 11.1. The number of aryl methyl sites for hydroxylation is 1. The average Bonchev–Trinajstić information content (AvgIpc) is 3.00. The summed E-state index contributed by atoms with van der Waals surface area (Å²) in [5.74, 6) is 2.28. The minimum absolute atomic E-state index is 0.652. The van der Waals surface area contributed by atoms with Gasteiger partial charge in [-0.25, -0.2) is 0 Å². The summed E-state index contributed by atoms with van der Waals surface area (Å²) < 4.78 is 12.8. The van der Waals surface area contributed by atoms with Crippen molar-refractivity contribution in [1.82, 2.24) is 14.9 Å². The number of methoxy groups -OCH3 is 1. The summed E-state index contributed by atoms with van der Waals surface area (Å²) >= 11 is 1.52. The molecular weight excluding hydrogens is 312 g/mol. The molecule has 0 saturated carbocycles. The maximum atomic E-state index is 5.72. The van der Waals surface area contributed by atoms with E-state index in [4.69, 9.17) is 9.47 Å². The first kappa shape index (κ1) is 17.3. The van der Waals surface area contributed by atoms with Crippen molar-refractivity contribution in [2.75, 3.05) is 20.0 Å². The van der Waals surface area contributed by atoms with Gasteiger partial charge in [0.2, 0.25) is 5.16 Å². The van der Waals surface area contributed by atoms with Crippen molar-refractivity contribution in [2.24, 2.45) is 5.10 Å². The van der Waals surface area contributed by atoms with Gasteiger partial charge < -0.3 is 9.47 Å². The lowest BCUT2D eigenvalue weighted by Gasteiger charge is -2.10. The molecule has 0 saturated heterocycles. The Morgan fingerprint density at radius 1 is 1.26 bits per heavy atom. The van der Waals surface area contributed by atoms with Crippen molar-refractivity contribution >= 4 is 18.0 Å². The van der Waals surface area contributed by atoms with E-state index in [-0.39, 0.29) is 0 Å². The molecule has 0 N–H and O–H groups in total. The fourth-order valence-electron chi connectivity index (χ4n) is 1.98. The number of nitrogens with zero attached hydrogens (tertiary/aromatic N) is 4. The largest absolute Gasteiger partial charge is 0.493 e. The van der Waals surface area contributed by atoms with Crippen molar-refractivity contribution < 1.29 is 9.47 Å². The van der Waals surface area contributed by atoms with Crippen LogP contribution in [0.3, 0.4) is 0 Å². The molecule has 0 radical (unpaired) electrons. The van der Waals surface area contributed by atoms with Gasteiger partial charge in [0.15, 0.2) is 17.3 Å². The highest BCUT2D eigenvalue weighted by atomic mass is 32.2. The topological polar surface area (TPSA) is 61.5 Å². The molecule has 0 aliphatic heterocycles. The molecule has 7 heteroatoms. The van der Waals surface area contributed by atoms with Gasteiger partial charge >= 0.3 is 0 Å². The predicted molar refractivity (Wildman–Crippen MR) is 93.0 cm³/mol. The second-order valence-electron chi connectivity index (χ2n) is 4.77. The molecule has 0 amide bonds. The highest BCUT2D eigenvalue weighted by Crippen LogP contribution is 2.27. The standard InChI is InChI=1S/C16H22N4O2S/c1-5-9-22-14-10-12(7-8-13(14)21-3)11-17-20-15(6-2)18-19-16(20)23-4/h7-8,10-11H,5-6,9H2,1-4H3/b17-11-. The Morgan fingerprint density at radius 2 is 2.09 bits per heavy atom. The van der Waals surface area contributed by atoms with E-state index in [1.54, 1.807) is 18.0 Å². The van der Waals surface area contributed by atoms with Gasteiger partial charge in [-0.2, -0.15) is 9.78 Å². The third-order valence-corrected chi connectivity index (χ3v) is 3.77. The van der Waals surface area contributed by atoms with Crippen LogP contribution in [-0.2, 0) is 6.42 Å². The van der Waals surface area contributed by atoms with Gasteiger partial charge in [-0.1, -0.05) is 25.6 Å². The maximum absolute atomic E-state index is 5.72. The lowest BCUT2D eigenvalue weighted by atomic mass is 10.2. The van der Waals surface area contributed by atoms with Gasteiger partial charge in [-0.05, 0) is 36.4 Å². The molecule has 124 valence electrons. The molecule has 1 heterocycles. The lowest BCUT2D eigenvalue weighted by Crippen LogP contribution is -2.00. The summed E-state index contributed by atoms with van der Waals surface area (Å²) in [4.78, 5) is 0. The Balaban J connectivity index is 2.27. The number of ether oxygens (including phenoxy) is 2. The molecule has 0 aliphatic carbocycles. The van der Waals surface area contributed by atoms with E-state index in [2.05, 4.69) is 22.2 Å². The minimum atomic E-state index is 0.652. The third-order valence-electron chi connectivity index (χ3n) is 3.15. The quantitative estimate of drug-likeness (QED) is 0.548. The Hall–Kier alpha value is -2.02. The zero-order chi connectivity index (χ0) is 16.7. The monoisotopic (exact) mass is 334 g/mol. The number of thioether (sulfide) groups is 1. The first-order chi connectivity index (χ1) is 11.2. The summed E-state index contributed by atoms with van der Waals surface area (Å²) in [6.07, 6.45) is 5.46. The van der Waals surface area contributed by atoms with Crippen LogP contribution in [0.2, 0.25) is 0 Å². The van der Waals surface area contributed by atoms with Gasteiger partial charge in [-0.15, -0.1) is 10.2 Å². The Bertz CT molecular complexity index is 649. The zero-order valence-corrected chi connectivity index (χ0v) is 14.8. The van der Waals surface area contributed by atoms with Crippen molar-refractivity contribution in [3.8, 4) is 11.5 Å². The molecule has 0 unspecified atom stereocenters. The number of rotatable bonds is 8. The summed E-state index contributed by atoms with van der Waals surface area (Å²) in [6.45, 7) is 4.75. The molecule has 2 aromatic rings. The molecule has 0 bridgehead atoms. The van der Waals surface area contributed by atoms with E-state index in [1.807, 2.05) is 31.4 Å². The van der Waals surface area contributed by atoms with Crippen molar-refractivity contribution in [2.45, 2.75) is 31.8 Å². The minimum Gasteiger partial charge on any atom is -0.493 e. The van der Waals surface area contributed by atoms with E-state index in [0.29, 0.717) is 6.61 Å². The molecule has 1 aromatic heterocycles. The Morgan fingerprint density at radius 3 is 2.74 bits per heavy atom. The smallest absolute Gasteiger partial charge is 0.211 e. The van der Waals surface area contributed by atoms with Crippen LogP contribution in [0.25, 0.3) is 0 Å². The van der Waals surface area contributed by atoms with E-state index < -0.39 is 0 Å². The van der Waals surface area contributed by atoms with Crippen LogP contribution in [-0.4, -0.2) is 41.1 Å². The van der Waals surface area contributed by atoms with Crippen molar-refractivity contribution in [3.63, 3.8) is 0 Å². The molecule has 6 nitrogen and oxygen atoms in total. The van der Waals surface area contributed by atoms with Gasteiger partial charge in [-0.3, -0.25) is 0 Å². The van der Waals surface area contributed by atoms with Gasteiger partial charge in [0, 0.05) is 6.42 Å². The molecule has 0 fully saturated rings. The van der Waals surface area contributed by atoms with Crippen LogP contribution < -0.4 is 9.47 Å². The van der Waals surface area contributed by atoms with Gasteiger partial charge in [0.25, 0.3) is 0 Å². The van der Waals surface area contributed by atoms with Crippen LogP contribution in [0.15, 0.2) is 28.5 Å². The Labute approximate surface area is 140 Å². The van der Waals surface area contributed by atoms with E-state index in [0.717, 1.165) is 40.9 Å². The molecule has 0 aliphatic rings. The molecular formula is C16H22N4O2S. The van der Waals surface area contributed by atoms with E-state index in [1.165, 1.54) is 11.8 Å². The van der Waals surface area contributed by atoms with Crippen LogP contribution in [0.5, 0.6) is 11.5 Å². The lowest BCUT2D eigenvalue weighted by molar-refractivity contribution is 0.294. The second kappa shape index (κ2) is 8.57. The molecule has 23 heavy (non-hydrogen) atoms. The van der Waals surface area contributed by atoms with Gasteiger partial charge in [0.05, 0.1) is 19.9 Å². The van der Waals surface area contributed by atoms with Crippen molar-refractivity contribution in [1.29, 1.82) is 0 Å². The fourth-order valence-corrected chi connectivity index (χ4v) is 2.43. The summed E-state index contributed by atoms with van der Waals surface area (Å²) in [7, 11) is 1.64. The van der Waals surface area contributed by atoms with Crippen molar-refractivity contribution in [3.05, 3.63) is 29.6 Å². The first-order valence-electron chi connectivity index (χ1n) is 7.56. The SMILES string of the molecule is CCCOc1cc(/C=N\n2c(CC)nnc2SC)ccc1OC. The maximum Gasteiger partial charge on any atom is 0.211 e. The third kappa shape index (κ3) is 4.25. The summed E-state index contributed by atoms with van der Waals surface area (Å²) in [5.41, 5.74) is 0.930. The van der Waals surface area contributed by atoms with Crippen LogP contribution in [0.4, 0.5) is 0 Å². The number of hydrogen-bond acceptors (Lipinski definition) is 6. The predicted octanol–water partition coefficient (Wildman–Crippen LogP) is 3.24. The Kier molecular flexibility index (Phi) is 6.46. The van der Waals surface area contributed by atoms with Crippen LogP contribution >= 0.6 is 11.8 Å². The molecule has 1 aromatic carbocycles. The molecule has 0 atom stereocenters. The van der Waals surface area contributed by atoms with Gasteiger partial charge in [0.1, 0.15) is 0 Å². The van der Waals surface area contributed by atoms with Crippen LogP contribution in [0.1, 0.15) is 31.7 Å². The number of aromatic nitrogens is 3. The number of hydrogen-bond donors (Lipinski definition) is 0. The highest BCUT2D eigenvalue weighted by Gasteiger charge is 2.09. The number of benzene rings is 1. The van der Waals surface area contributed by atoms with Crippen LogP contribution in [0, 0.1) is 0 Å². The first-order valence-corrected chi connectivity index (χ1v) is 8.79. The molecule has 2 rings (SSSR count). The average molecular weight is 334 g/mol. The fraction of sp³-hybridized carbons (Fsp3) is 0.438.